The molecule has 2 amide bonds. The van der Waals surface area contributed by atoms with Crippen LogP contribution in [0.5, 0.6) is 0 Å². The van der Waals surface area contributed by atoms with Gasteiger partial charge in [-0.2, -0.15) is 5.10 Å². The SMILES string of the molecule is CCC1C(=O)NC(=O)CN1C(c1cnn(C)c1)C(C)N. The summed E-state index contributed by atoms with van der Waals surface area (Å²) in [6.07, 6.45) is 4.23. The number of carbonyl (C=O) groups excluding carboxylic acids is 2. The van der Waals surface area contributed by atoms with Crippen molar-refractivity contribution in [3.05, 3.63) is 18.0 Å². The van der Waals surface area contributed by atoms with E-state index in [1.54, 1.807) is 10.9 Å². The molecule has 3 atom stereocenters. The minimum atomic E-state index is -0.344. The second-order valence-electron chi connectivity index (χ2n) is 5.26. The number of aromatic nitrogens is 2. The van der Waals surface area contributed by atoms with Crippen LogP contribution >= 0.6 is 0 Å². The van der Waals surface area contributed by atoms with E-state index in [0.717, 1.165) is 5.56 Å². The van der Waals surface area contributed by atoms with E-state index in [1.165, 1.54) is 0 Å². The Bertz CT molecular complexity index is 511. The van der Waals surface area contributed by atoms with Crippen molar-refractivity contribution < 1.29 is 9.59 Å². The van der Waals surface area contributed by atoms with Gasteiger partial charge in [0.2, 0.25) is 11.8 Å². The lowest BCUT2D eigenvalue weighted by Crippen LogP contribution is -2.60. The molecular weight excluding hydrogens is 258 g/mol. The summed E-state index contributed by atoms with van der Waals surface area (Å²) < 4.78 is 1.69. The van der Waals surface area contributed by atoms with Crippen molar-refractivity contribution in [2.24, 2.45) is 12.8 Å². The zero-order chi connectivity index (χ0) is 14.9. The number of hydrogen-bond acceptors (Lipinski definition) is 5. The van der Waals surface area contributed by atoms with E-state index >= 15 is 0 Å². The largest absolute Gasteiger partial charge is 0.326 e. The molecule has 0 aromatic carbocycles. The maximum atomic E-state index is 12.0. The Balaban J connectivity index is 2.36. The molecule has 0 bridgehead atoms. The van der Waals surface area contributed by atoms with Crippen LogP contribution in [0.4, 0.5) is 0 Å². The Morgan fingerprint density at radius 2 is 2.25 bits per heavy atom. The van der Waals surface area contributed by atoms with Gasteiger partial charge in [0.15, 0.2) is 0 Å². The number of piperazine rings is 1. The van der Waals surface area contributed by atoms with E-state index < -0.39 is 0 Å². The molecule has 0 radical (unpaired) electrons. The van der Waals surface area contributed by atoms with Crippen LogP contribution in [0.3, 0.4) is 0 Å². The number of carbonyl (C=O) groups is 2. The number of amides is 2. The first-order chi connectivity index (χ1) is 9.43. The number of hydrogen-bond donors (Lipinski definition) is 2. The second kappa shape index (κ2) is 5.72. The molecule has 3 N–H and O–H groups in total. The van der Waals surface area contributed by atoms with E-state index in [1.807, 2.05) is 32.0 Å². The van der Waals surface area contributed by atoms with Gasteiger partial charge in [-0.25, -0.2) is 0 Å². The van der Waals surface area contributed by atoms with Gasteiger partial charge in [-0.1, -0.05) is 6.92 Å². The van der Waals surface area contributed by atoms with Gasteiger partial charge < -0.3 is 5.73 Å². The van der Waals surface area contributed by atoms with Crippen molar-refractivity contribution >= 4 is 11.8 Å². The first-order valence-corrected chi connectivity index (χ1v) is 6.77. The van der Waals surface area contributed by atoms with Crippen LogP contribution in [0.2, 0.25) is 0 Å². The summed E-state index contributed by atoms with van der Waals surface area (Å²) in [5, 5.41) is 6.53. The Labute approximate surface area is 118 Å². The van der Waals surface area contributed by atoms with Crippen LogP contribution in [0.15, 0.2) is 12.4 Å². The molecule has 7 nitrogen and oxygen atoms in total. The number of nitrogens with zero attached hydrogens (tertiary/aromatic N) is 3. The third-order valence-corrected chi connectivity index (χ3v) is 3.60. The summed E-state index contributed by atoms with van der Waals surface area (Å²) in [6.45, 7) is 3.97. The first kappa shape index (κ1) is 14.7. The average molecular weight is 279 g/mol. The molecule has 20 heavy (non-hydrogen) atoms. The van der Waals surface area contributed by atoms with Gasteiger partial charge in [-0.15, -0.1) is 0 Å². The zero-order valence-corrected chi connectivity index (χ0v) is 12.0. The van der Waals surface area contributed by atoms with E-state index in [4.69, 9.17) is 5.73 Å². The molecule has 0 spiro atoms. The summed E-state index contributed by atoms with van der Waals surface area (Å²) in [4.78, 5) is 25.5. The van der Waals surface area contributed by atoms with Gasteiger partial charge in [0.25, 0.3) is 0 Å². The maximum absolute atomic E-state index is 12.0. The van der Waals surface area contributed by atoms with Crippen LogP contribution in [0.1, 0.15) is 31.9 Å². The standard InChI is InChI=1S/C13H21N5O2/c1-4-10-13(20)16-11(19)7-18(10)12(8(2)14)9-5-15-17(3)6-9/h5-6,8,10,12H,4,7,14H2,1-3H3,(H,16,19,20). The van der Waals surface area contributed by atoms with E-state index in [0.29, 0.717) is 6.42 Å². The Morgan fingerprint density at radius 1 is 1.55 bits per heavy atom. The maximum Gasteiger partial charge on any atom is 0.243 e. The Kier molecular flexibility index (Phi) is 4.20. The summed E-state index contributed by atoms with van der Waals surface area (Å²) in [5.41, 5.74) is 7.01. The molecule has 1 aromatic rings. The molecule has 1 aromatic heterocycles. The minimum absolute atomic E-state index is 0.172. The third-order valence-electron chi connectivity index (χ3n) is 3.60. The predicted octanol–water partition coefficient (Wildman–Crippen LogP) is -0.455. The average Bonchev–Trinajstić information content (AvgIpc) is 2.75. The number of imide groups is 1. The monoisotopic (exact) mass is 279 g/mol. The number of nitrogens with one attached hydrogen (secondary N) is 1. The molecule has 1 aliphatic rings. The topological polar surface area (TPSA) is 93.2 Å². The zero-order valence-electron chi connectivity index (χ0n) is 12.0. The molecule has 1 fully saturated rings. The summed E-state index contributed by atoms with van der Waals surface area (Å²) in [5.74, 6) is -0.535. The van der Waals surface area contributed by atoms with Crippen molar-refractivity contribution in [3.63, 3.8) is 0 Å². The highest BCUT2D eigenvalue weighted by Gasteiger charge is 2.39. The van der Waals surface area contributed by atoms with Crippen molar-refractivity contribution in [2.75, 3.05) is 6.54 Å². The third kappa shape index (κ3) is 2.73. The molecule has 2 rings (SSSR count). The summed E-state index contributed by atoms with van der Waals surface area (Å²) >= 11 is 0. The van der Waals surface area contributed by atoms with Crippen molar-refractivity contribution in [1.82, 2.24) is 20.0 Å². The van der Waals surface area contributed by atoms with Crippen LogP contribution in [-0.4, -0.2) is 45.1 Å². The highest BCUT2D eigenvalue weighted by molar-refractivity contribution is 6.01. The van der Waals surface area contributed by atoms with Gasteiger partial charge >= 0.3 is 0 Å². The quantitative estimate of drug-likeness (QED) is 0.728. The van der Waals surface area contributed by atoms with Crippen LogP contribution in [0.25, 0.3) is 0 Å². The molecule has 1 saturated heterocycles. The lowest BCUT2D eigenvalue weighted by Gasteiger charge is -2.40. The van der Waals surface area contributed by atoms with Gasteiger partial charge in [-0.05, 0) is 13.3 Å². The number of aryl methyl sites for hydroxylation is 1. The predicted molar refractivity (Wildman–Crippen MR) is 73.5 cm³/mol. The lowest BCUT2D eigenvalue weighted by molar-refractivity contribution is -0.142. The molecule has 1 aliphatic heterocycles. The minimum Gasteiger partial charge on any atom is -0.326 e. The molecule has 0 aliphatic carbocycles. The smallest absolute Gasteiger partial charge is 0.243 e. The fourth-order valence-corrected chi connectivity index (χ4v) is 2.79. The molecule has 0 saturated carbocycles. The van der Waals surface area contributed by atoms with Gasteiger partial charge in [0, 0.05) is 24.8 Å². The summed E-state index contributed by atoms with van der Waals surface area (Å²) in [7, 11) is 1.83. The Morgan fingerprint density at radius 3 is 2.75 bits per heavy atom. The van der Waals surface area contributed by atoms with Crippen molar-refractivity contribution in [3.8, 4) is 0 Å². The van der Waals surface area contributed by atoms with Crippen molar-refractivity contribution in [1.29, 1.82) is 0 Å². The number of nitrogens with two attached hydrogens (primary N) is 1. The molecule has 7 heteroatoms. The first-order valence-electron chi connectivity index (χ1n) is 6.77. The number of rotatable bonds is 4. The molecule has 3 unspecified atom stereocenters. The summed E-state index contributed by atoms with van der Waals surface area (Å²) in [6, 6.07) is -0.764. The lowest BCUT2D eigenvalue weighted by atomic mass is 9.97. The Hall–Kier alpha value is -1.73. The molecule has 110 valence electrons. The second-order valence-corrected chi connectivity index (χ2v) is 5.26. The highest BCUT2D eigenvalue weighted by Crippen LogP contribution is 2.27. The van der Waals surface area contributed by atoms with E-state index in [-0.39, 0.29) is 36.5 Å². The van der Waals surface area contributed by atoms with Crippen LogP contribution in [0, 0.1) is 0 Å². The van der Waals surface area contributed by atoms with E-state index in [2.05, 4.69) is 10.4 Å². The van der Waals surface area contributed by atoms with Crippen molar-refractivity contribution in [2.45, 2.75) is 38.4 Å². The van der Waals surface area contributed by atoms with Crippen LogP contribution in [-0.2, 0) is 16.6 Å². The highest BCUT2D eigenvalue weighted by atomic mass is 16.2. The van der Waals surface area contributed by atoms with Gasteiger partial charge in [0.05, 0.1) is 24.8 Å². The van der Waals surface area contributed by atoms with Crippen LogP contribution < -0.4 is 11.1 Å². The fourth-order valence-electron chi connectivity index (χ4n) is 2.79. The molecule has 2 heterocycles. The van der Waals surface area contributed by atoms with Gasteiger partial charge in [0.1, 0.15) is 0 Å². The van der Waals surface area contributed by atoms with Gasteiger partial charge in [-0.3, -0.25) is 24.5 Å². The fraction of sp³-hybridized carbons (Fsp3) is 0.615. The molecular formula is C13H21N5O2. The van der Waals surface area contributed by atoms with E-state index in [9.17, 15) is 9.59 Å². The normalized spacial score (nSPS) is 23.5.